The van der Waals surface area contributed by atoms with Crippen LogP contribution in [0.2, 0.25) is 0 Å². The van der Waals surface area contributed by atoms with Gasteiger partial charge in [-0.3, -0.25) is 0 Å². The molecule has 7 heteroatoms. The van der Waals surface area contributed by atoms with Crippen molar-refractivity contribution in [1.82, 2.24) is 0 Å². The molecule has 0 saturated carbocycles. The SMILES string of the molecule is COC(=O)C(O)(C(O)c1ccc(C)cc1)C(F)(F)F. The van der Waals surface area contributed by atoms with Gasteiger partial charge in [-0.1, -0.05) is 29.8 Å². The second-order valence-corrected chi connectivity index (χ2v) is 4.07. The van der Waals surface area contributed by atoms with Crippen LogP contribution < -0.4 is 0 Å². The molecule has 106 valence electrons. The van der Waals surface area contributed by atoms with Crippen molar-refractivity contribution in [2.24, 2.45) is 0 Å². The summed E-state index contributed by atoms with van der Waals surface area (Å²) in [4.78, 5) is 11.2. The molecule has 4 nitrogen and oxygen atoms in total. The first-order chi connectivity index (χ1) is 8.64. The van der Waals surface area contributed by atoms with E-state index in [1.54, 1.807) is 6.92 Å². The van der Waals surface area contributed by atoms with Crippen molar-refractivity contribution in [2.75, 3.05) is 7.11 Å². The van der Waals surface area contributed by atoms with Gasteiger partial charge in [-0.15, -0.1) is 0 Å². The number of benzene rings is 1. The molecule has 0 heterocycles. The molecule has 19 heavy (non-hydrogen) atoms. The summed E-state index contributed by atoms with van der Waals surface area (Å²) in [5, 5.41) is 19.3. The molecular weight excluding hydrogens is 265 g/mol. The summed E-state index contributed by atoms with van der Waals surface area (Å²) < 4.78 is 42.5. The number of halogens is 3. The van der Waals surface area contributed by atoms with Crippen molar-refractivity contribution in [3.63, 3.8) is 0 Å². The lowest BCUT2D eigenvalue weighted by Gasteiger charge is -2.32. The predicted octanol–water partition coefficient (Wildman–Crippen LogP) is 1.49. The largest absolute Gasteiger partial charge is 0.467 e. The zero-order valence-electron chi connectivity index (χ0n) is 10.2. The highest BCUT2D eigenvalue weighted by Crippen LogP contribution is 2.40. The Balaban J connectivity index is 3.26. The van der Waals surface area contributed by atoms with Gasteiger partial charge >= 0.3 is 12.1 Å². The Hall–Kier alpha value is -1.60. The number of aliphatic hydroxyl groups is 2. The maximum Gasteiger partial charge on any atom is 0.431 e. The number of ether oxygens (including phenoxy) is 1. The quantitative estimate of drug-likeness (QED) is 0.822. The topological polar surface area (TPSA) is 66.8 Å². The summed E-state index contributed by atoms with van der Waals surface area (Å²) in [6.07, 6.45) is -7.84. The lowest BCUT2D eigenvalue weighted by molar-refractivity contribution is -0.288. The maximum absolute atomic E-state index is 12.8. The van der Waals surface area contributed by atoms with Gasteiger partial charge in [0, 0.05) is 0 Å². The van der Waals surface area contributed by atoms with Crippen molar-refractivity contribution in [3.05, 3.63) is 35.4 Å². The Morgan fingerprint density at radius 2 is 1.74 bits per heavy atom. The number of hydrogen-bond donors (Lipinski definition) is 2. The standard InChI is InChI=1S/C12H13F3O4/c1-7-3-5-8(6-4-7)9(16)11(18,10(17)19-2)12(13,14)15/h3-6,9,16,18H,1-2H3. The Morgan fingerprint density at radius 1 is 1.26 bits per heavy atom. The van der Waals surface area contributed by atoms with E-state index in [2.05, 4.69) is 4.74 Å². The van der Waals surface area contributed by atoms with Crippen LogP contribution in [-0.4, -0.2) is 35.1 Å². The summed E-state index contributed by atoms with van der Waals surface area (Å²) in [5.74, 6) is -1.96. The van der Waals surface area contributed by atoms with Crippen LogP contribution in [-0.2, 0) is 9.53 Å². The minimum absolute atomic E-state index is 0.240. The summed E-state index contributed by atoms with van der Waals surface area (Å²) in [6.45, 7) is 1.70. The van der Waals surface area contributed by atoms with Crippen molar-refractivity contribution in [1.29, 1.82) is 0 Å². The zero-order chi connectivity index (χ0) is 14.8. The van der Waals surface area contributed by atoms with Crippen LogP contribution in [0.15, 0.2) is 24.3 Å². The normalized spacial score (nSPS) is 16.6. The second kappa shape index (κ2) is 5.18. The van der Waals surface area contributed by atoms with E-state index in [1.165, 1.54) is 24.3 Å². The van der Waals surface area contributed by atoms with Crippen LogP contribution in [0.5, 0.6) is 0 Å². The van der Waals surface area contributed by atoms with Gasteiger partial charge in [0.25, 0.3) is 5.60 Å². The molecule has 0 aliphatic heterocycles. The van der Waals surface area contributed by atoms with E-state index >= 15 is 0 Å². The molecule has 1 aromatic carbocycles. The van der Waals surface area contributed by atoms with E-state index in [0.717, 1.165) is 5.56 Å². The first-order valence-corrected chi connectivity index (χ1v) is 5.26. The number of esters is 1. The highest BCUT2D eigenvalue weighted by atomic mass is 19.4. The Bertz CT molecular complexity index is 455. The molecule has 0 aliphatic carbocycles. The highest BCUT2D eigenvalue weighted by Gasteiger charge is 2.65. The third-order valence-electron chi connectivity index (χ3n) is 2.72. The summed E-state index contributed by atoms with van der Waals surface area (Å²) in [7, 11) is 0.695. The maximum atomic E-state index is 12.8. The minimum Gasteiger partial charge on any atom is -0.467 e. The van der Waals surface area contributed by atoms with Gasteiger partial charge in [-0.25, -0.2) is 4.79 Å². The molecule has 0 aromatic heterocycles. The number of alkyl halides is 3. The van der Waals surface area contributed by atoms with Gasteiger partial charge in [0.15, 0.2) is 0 Å². The molecule has 1 aromatic rings. The van der Waals surface area contributed by atoms with E-state index in [0.29, 0.717) is 7.11 Å². The first kappa shape index (κ1) is 15.5. The van der Waals surface area contributed by atoms with Crippen LogP contribution in [0.1, 0.15) is 17.2 Å². The molecule has 2 atom stereocenters. The average molecular weight is 278 g/mol. The third-order valence-corrected chi connectivity index (χ3v) is 2.72. The molecule has 2 N–H and O–H groups in total. The fraction of sp³-hybridized carbons (Fsp3) is 0.417. The minimum atomic E-state index is -5.37. The molecule has 0 radical (unpaired) electrons. The van der Waals surface area contributed by atoms with Gasteiger partial charge in [0.2, 0.25) is 0 Å². The smallest absolute Gasteiger partial charge is 0.431 e. The van der Waals surface area contributed by atoms with E-state index in [1.807, 2.05) is 0 Å². The van der Waals surface area contributed by atoms with E-state index in [-0.39, 0.29) is 5.56 Å². The van der Waals surface area contributed by atoms with Crippen molar-refractivity contribution in [2.45, 2.75) is 24.8 Å². The monoisotopic (exact) mass is 278 g/mol. The van der Waals surface area contributed by atoms with Crippen LogP contribution in [0, 0.1) is 6.92 Å². The van der Waals surface area contributed by atoms with Crippen LogP contribution in [0.3, 0.4) is 0 Å². The number of aliphatic hydroxyl groups excluding tert-OH is 1. The molecule has 0 fully saturated rings. The first-order valence-electron chi connectivity index (χ1n) is 5.26. The van der Waals surface area contributed by atoms with Crippen LogP contribution >= 0.6 is 0 Å². The van der Waals surface area contributed by atoms with E-state index in [4.69, 9.17) is 0 Å². The number of rotatable bonds is 3. The predicted molar refractivity (Wildman–Crippen MR) is 59.2 cm³/mol. The Morgan fingerprint density at radius 3 is 2.11 bits per heavy atom. The van der Waals surface area contributed by atoms with Gasteiger partial charge in [-0.2, -0.15) is 13.2 Å². The number of carbonyl (C=O) groups excluding carboxylic acids is 1. The molecule has 0 amide bonds. The molecule has 0 aliphatic rings. The third kappa shape index (κ3) is 2.71. The molecule has 0 spiro atoms. The average Bonchev–Trinajstić information content (AvgIpc) is 2.35. The van der Waals surface area contributed by atoms with Gasteiger partial charge in [0.1, 0.15) is 6.10 Å². The number of methoxy groups -OCH3 is 1. The number of carbonyl (C=O) groups is 1. The fourth-order valence-corrected chi connectivity index (χ4v) is 1.53. The molecule has 0 bridgehead atoms. The van der Waals surface area contributed by atoms with Crippen molar-refractivity contribution >= 4 is 5.97 Å². The molecule has 0 saturated heterocycles. The fourth-order valence-electron chi connectivity index (χ4n) is 1.53. The lowest BCUT2D eigenvalue weighted by Crippen LogP contribution is -2.57. The van der Waals surface area contributed by atoms with Crippen LogP contribution in [0.25, 0.3) is 0 Å². The van der Waals surface area contributed by atoms with Gasteiger partial charge < -0.3 is 14.9 Å². The van der Waals surface area contributed by atoms with E-state index in [9.17, 15) is 28.2 Å². The Kier molecular flexibility index (Phi) is 4.21. The second-order valence-electron chi connectivity index (χ2n) is 4.07. The highest BCUT2D eigenvalue weighted by molar-refractivity contribution is 5.81. The number of aryl methyl sites for hydroxylation is 1. The number of hydrogen-bond acceptors (Lipinski definition) is 4. The van der Waals surface area contributed by atoms with Gasteiger partial charge in [0.05, 0.1) is 7.11 Å². The Labute approximate surface area is 107 Å². The lowest BCUT2D eigenvalue weighted by atomic mass is 9.90. The summed E-state index contributed by atoms with van der Waals surface area (Å²) in [5.41, 5.74) is -3.49. The molecular formula is C12H13F3O4. The van der Waals surface area contributed by atoms with Crippen LogP contribution in [0.4, 0.5) is 13.2 Å². The van der Waals surface area contributed by atoms with Crippen molar-refractivity contribution in [3.8, 4) is 0 Å². The van der Waals surface area contributed by atoms with E-state index < -0.39 is 23.9 Å². The molecule has 1 rings (SSSR count). The molecule has 2 unspecified atom stereocenters. The summed E-state index contributed by atoms with van der Waals surface area (Å²) in [6, 6.07) is 5.29. The summed E-state index contributed by atoms with van der Waals surface area (Å²) >= 11 is 0. The van der Waals surface area contributed by atoms with Gasteiger partial charge in [-0.05, 0) is 12.5 Å². The van der Waals surface area contributed by atoms with Crippen molar-refractivity contribution < 1.29 is 32.9 Å². The zero-order valence-corrected chi connectivity index (χ0v) is 10.2.